The van der Waals surface area contributed by atoms with Crippen molar-refractivity contribution >= 4 is 46.0 Å². The molecule has 0 saturated carbocycles. The number of aromatic nitrogens is 1. The van der Waals surface area contributed by atoms with Gasteiger partial charge in [0.1, 0.15) is 17.6 Å². The summed E-state index contributed by atoms with van der Waals surface area (Å²) >= 11 is 12.0. The summed E-state index contributed by atoms with van der Waals surface area (Å²) in [6, 6.07) is 2.61. The lowest BCUT2D eigenvalue weighted by Gasteiger charge is -2.11. The summed E-state index contributed by atoms with van der Waals surface area (Å²) in [6.45, 7) is 0.0855. The largest absolute Gasteiger partial charge is 0.486 e. The number of esters is 1. The van der Waals surface area contributed by atoms with Crippen LogP contribution in [0.1, 0.15) is 15.9 Å². The third-order valence-corrected chi connectivity index (χ3v) is 4.51. The fourth-order valence-electron chi connectivity index (χ4n) is 2.44. The van der Waals surface area contributed by atoms with E-state index in [0.29, 0.717) is 16.0 Å². The number of ether oxygens (including phenoxy) is 2. The first-order chi connectivity index (χ1) is 12.4. The average molecular weight is 399 g/mol. The summed E-state index contributed by atoms with van der Waals surface area (Å²) < 4.78 is 29.3. The summed E-state index contributed by atoms with van der Waals surface area (Å²) in [5.41, 5.74) is 6.73. The van der Waals surface area contributed by atoms with Crippen LogP contribution in [0.5, 0.6) is 5.75 Å². The van der Waals surface area contributed by atoms with Crippen LogP contribution in [0.15, 0.2) is 29.0 Å². The Morgan fingerprint density at radius 1 is 1.38 bits per heavy atom. The van der Waals surface area contributed by atoms with Crippen molar-refractivity contribution in [1.29, 1.82) is 0 Å². The molecule has 0 atom stereocenters. The van der Waals surface area contributed by atoms with Gasteiger partial charge in [0.15, 0.2) is 11.4 Å². The van der Waals surface area contributed by atoms with Crippen molar-refractivity contribution < 1.29 is 23.1 Å². The number of rotatable bonds is 5. The van der Waals surface area contributed by atoms with E-state index in [0.717, 1.165) is 0 Å². The molecule has 0 radical (unpaired) electrons. The number of carbonyl (C=O) groups is 1. The maximum atomic E-state index is 13.6. The van der Waals surface area contributed by atoms with Crippen LogP contribution in [0.25, 0.3) is 11.0 Å². The predicted molar refractivity (Wildman–Crippen MR) is 95.4 cm³/mol. The second kappa shape index (κ2) is 7.39. The van der Waals surface area contributed by atoms with Crippen molar-refractivity contribution in [2.75, 3.05) is 19.5 Å². The maximum Gasteiger partial charge on any atom is 0.341 e. The van der Waals surface area contributed by atoms with Gasteiger partial charge in [0, 0.05) is 17.6 Å². The normalized spacial score (nSPS) is 10.9. The molecule has 3 rings (SSSR count). The number of anilines is 1. The molecular weight excluding hydrogens is 386 g/mol. The maximum absolute atomic E-state index is 13.6. The minimum atomic E-state index is -0.570. The number of nitrogens with two attached hydrogens (primary N) is 1. The minimum absolute atomic E-state index is 0.0589. The van der Waals surface area contributed by atoms with Crippen molar-refractivity contribution in [2.24, 2.45) is 0 Å². The highest BCUT2D eigenvalue weighted by Crippen LogP contribution is 2.34. The first kappa shape index (κ1) is 18.3. The second-order valence-corrected chi connectivity index (χ2v) is 6.06. The van der Waals surface area contributed by atoms with Crippen LogP contribution >= 0.6 is 23.2 Å². The lowest BCUT2D eigenvalue weighted by molar-refractivity contribution is 0.0602. The van der Waals surface area contributed by atoms with Crippen LogP contribution in [0.3, 0.4) is 0 Å². The van der Waals surface area contributed by atoms with E-state index >= 15 is 0 Å². The van der Waals surface area contributed by atoms with E-state index in [2.05, 4.69) is 9.72 Å². The van der Waals surface area contributed by atoms with Crippen molar-refractivity contribution in [1.82, 2.24) is 4.98 Å². The zero-order valence-electron chi connectivity index (χ0n) is 13.5. The third-order valence-electron chi connectivity index (χ3n) is 3.74. The summed E-state index contributed by atoms with van der Waals surface area (Å²) in [4.78, 5) is 15.7. The zero-order chi connectivity index (χ0) is 18.8. The summed E-state index contributed by atoms with van der Waals surface area (Å²) in [6.07, 6.45) is 2.87. The number of carbonyl (C=O) groups excluding carboxylic acids is 1. The standard InChI is InChI=1S/C17H13Cl2FN2O4/c1-24-17(23)10-7-26-14-9(10)6-22-16(21)15(14)25-5-4-8-11(18)2-3-12(20)13(8)19/h2-3,6-7H,4-5H2,1H3,(H2,21,22). The summed E-state index contributed by atoms with van der Waals surface area (Å²) in [7, 11) is 1.26. The number of fused-ring (bicyclic) bond motifs is 1. The molecule has 6 nitrogen and oxygen atoms in total. The van der Waals surface area contributed by atoms with E-state index in [1.807, 2.05) is 0 Å². The van der Waals surface area contributed by atoms with E-state index in [1.165, 1.54) is 31.7 Å². The molecule has 0 saturated heterocycles. The zero-order valence-corrected chi connectivity index (χ0v) is 15.0. The SMILES string of the molecule is COC(=O)c1coc2c(OCCc3c(Cl)ccc(F)c3Cl)c(N)ncc12. The number of hydrogen-bond donors (Lipinski definition) is 1. The average Bonchev–Trinajstić information content (AvgIpc) is 3.06. The highest BCUT2D eigenvalue weighted by molar-refractivity contribution is 6.36. The summed E-state index contributed by atoms with van der Waals surface area (Å²) in [5, 5.41) is 0.675. The van der Waals surface area contributed by atoms with Crippen LogP contribution in [-0.4, -0.2) is 24.7 Å². The molecule has 0 aliphatic carbocycles. The van der Waals surface area contributed by atoms with Gasteiger partial charge in [-0.2, -0.15) is 0 Å². The van der Waals surface area contributed by atoms with Gasteiger partial charge in [-0.05, 0) is 17.7 Å². The lowest BCUT2D eigenvalue weighted by Crippen LogP contribution is -2.06. The van der Waals surface area contributed by atoms with E-state index in [-0.39, 0.29) is 40.8 Å². The summed E-state index contributed by atoms with van der Waals surface area (Å²) in [5.74, 6) is -0.885. The molecule has 0 unspecified atom stereocenters. The first-order valence-electron chi connectivity index (χ1n) is 7.43. The smallest absolute Gasteiger partial charge is 0.341 e. The Bertz CT molecular complexity index is 991. The fraction of sp³-hybridized carbons (Fsp3) is 0.176. The topological polar surface area (TPSA) is 87.6 Å². The lowest BCUT2D eigenvalue weighted by atomic mass is 10.1. The van der Waals surface area contributed by atoms with E-state index in [9.17, 15) is 9.18 Å². The van der Waals surface area contributed by atoms with Gasteiger partial charge in [-0.15, -0.1) is 0 Å². The van der Waals surface area contributed by atoms with Gasteiger partial charge >= 0.3 is 5.97 Å². The van der Waals surface area contributed by atoms with Crippen LogP contribution in [0.2, 0.25) is 10.0 Å². The Kier molecular flexibility index (Phi) is 5.20. The van der Waals surface area contributed by atoms with E-state index in [4.69, 9.17) is 38.1 Å². The van der Waals surface area contributed by atoms with Gasteiger partial charge in [-0.1, -0.05) is 23.2 Å². The Morgan fingerprint density at radius 2 is 2.15 bits per heavy atom. The van der Waals surface area contributed by atoms with Gasteiger partial charge in [-0.25, -0.2) is 14.2 Å². The highest BCUT2D eigenvalue weighted by Gasteiger charge is 2.20. The monoisotopic (exact) mass is 398 g/mol. The van der Waals surface area contributed by atoms with E-state index in [1.54, 1.807) is 0 Å². The number of nitrogens with zero attached hydrogens (tertiary/aromatic N) is 1. The Morgan fingerprint density at radius 3 is 2.88 bits per heavy atom. The van der Waals surface area contributed by atoms with Gasteiger partial charge in [0.25, 0.3) is 0 Å². The molecule has 9 heteroatoms. The molecule has 2 heterocycles. The minimum Gasteiger partial charge on any atom is -0.486 e. The van der Waals surface area contributed by atoms with Crippen molar-refractivity contribution in [3.8, 4) is 5.75 Å². The van der Waals surface area contributed by atoms with Gasteiger partial charge in [0.05, 0.1) is 24.1 Å². The Hall–Kier alpha value is -2.51. The van der Waals surface area contributed by atoms with Crippen molar-refractivity contribution in [3.63, 3.8) is 0 Å². The molecule has 0 spiro atoms. The molecule has 0 aliphatic rings. The van der Waals surface area contributed by atoms with Crippen molar-refractivity contribution in [2.45, 2.75) is 6.42 Å². The highest BCUT2D eigenvalue weighted by atomic mass is 35.5. The number of nitrogen functional groups attached to an aromatic ring is 1. The number of pyridine rings is 1. The molecule has 3 aromatic rings. The number of halogens is 3. The number of furan rings is 1. The Balaban J connectivity index is 1.86. The molecule has 0 bridgehead atoms. The Labute approximate surface area is 157 Å². The second-order valence-electron chi connectivity index (χ2n) is 5.28. The first-order valence-corrected chi connectivity index (χ1v) is 8.18. The van der Waals surface area contributed by atoms with Crippen LogP contribution < -0.4 is 10.5 Å². The number of benzene rings is 1. The third kappa shape index (κ3) is 3.27. The van der Waals surface area contributed by atoms with Crippen LogP contribution in [0.4, 0.5) is 10.2 Å². The molecule has 0 amide bonds. The molecule has 2 N–H and O–H groups in total. The fourth-order valence-corrected chi connectivity index (χ4v) is 3.00. The predicted octanol–water partition coefficient (Wildman–Crippen LogP) is 4.26. The molecular formula is C17H13Cl2FN2O4. The van der Waals surface area contributed by atoms with Gasteiger partial charge in [-0.3, -0.25) is 0 Å². The molecule has 26 heavy (non-hydrogen) atoms. The molecule has 2 aromatic heterocycles. The quantitative estimate of drug-likeness (QED) is 0.510. The molecule has 1 aromatic carbocycles. The number of hydrogen-bond acceptors (Lipinski definition) is 6. The van der Waals surface area contributed by atoms with E-state index < -0.39 is 11.8 Å². The van der Waals surface area contributed by atoms with Gasteiger partial charge in [0.2, 0.25) is 5.75 Å². The molecule has 136 valence electrons. The van der Waals surface area contributed by atoms with Crippen molar-refractivity contribution in [3.05, 3.63) is 51.6 Å². The molecule has 0 aliphatic heterocycles. The van der Waals surface area contributed by atoms with Crippen LogP contribution in [-0.2, 0) is 11.2 Å². The molecule has 0 fully saturated rings. The number of methoxy groups -OCH3 is 1. The van der Waals surface area contributed by atoms with Crippen LogP contribution in [0, 0.1) is 5.82 Å². The van der Waals surface area contributed by atoms with Gasteiger partial charge < -0.3 is 19.6 Å².